The Morgan fingerprint density at radius 1 is 0.662 bits per heavy atom. The zero-order chi connectivity index (χ0) is 58.0. The highest BCUT2D eigenvalue weighted by atomic mass is 32.2. The standard InChI is InChI=1S/C52H71F4N5O18S/c1-3-11-61(78-4-2)52(64)40-32-38-6-7-39(33-42(38)60-43(57)34-40)41-8-5-37(35-58-41)36-59-44(62)9-12-68-14-16-70-18-20-72-22-24-74-26-28-76-30-31-77-29-27-75-25-23-73-21-19-71-17-15-69-13-10-45(63)79-50-46(53)48(55)51(80(65,66)67)49(56)47(50)54/h5-8,32-33,35H,3-4,9-31,34,36H2,1-2H3,(H2,57,60)(H,59,62)(H,65,66,67). The number of benzene rings is 2. The summed E-state index contributed by atoms with van der Waals surface area (Å²) in [6.45, 7) is 10.8. The summed E-state index contributed by atoms with van der Waals surface area (Å²) < 4.78 is 145. The molecule has 0 fully saturated rings. The highest BCUT2D eigenvalue weighted by molar-refractivity contribution is 7.85. The largest absolute Gasteiger partial charge is 0.420 e. The van der Waals surface area contributed by atoms with E-state index in [2.05, 4.69) is 20.0 Å². The van der Waals surface area contributed by atoms with Crippen molar-refractivity contribution in [2.75, 3.05) is 145 Å². The van der Waals surface area contributed by atoms with E-state index in [9.17, 15) is 40.4 Å². The summed E-state index contributed by atoms with van der Waals surface area (Å²) in [4.78, 5) is 49.9. The van der Waals surface area contributed by atoms with E-state index in [1.807, 2.05) is 50.3 Å². The molecule has 0 unspecified atom stereocenters. The number of aliphatic imine (C=N–C) groups is 1. The molecule has 0 bridgehead atoms. The number of hydrogen-bond acceptors (Lipinski definition) is 20. The first kappa shape index (κ1) is 66.9. The molecule has 1 aliphatic heterocycles. The number of hydrogen-bond donors (Lipinski definition) is 3. The number of halogens is 4. The maximum atomic E-state index is 14.0. The average molecular weight is 1160 g/mol. The molecule has 2 heterocycles. The van der Waals surface area contributed by atoms with Crippen LogP contribution in [0.15, 0.2) is 52.0 Å². The van der Waals surface area contributed by atoms with E-state index in [1.54, 1.807) is 6.20 Å². The van der Waals surface area contributed by atoms with Crippen LogP contribution in [-0.2, 0) is 83.3 Å². The molecule has 0 saturated carbocycles. The molecule has 0 spiro atoms. The van der Waals surface area contributed by atoms with Crippen molar-refractivity contribution >= 4 is 45.5 Å². The van der Waals surface area contributed by atoms with Crippen molar-refractivity contribution in [3.8, 4) is 17.0 Å². The molecule has 1 aliphatic rings. The molecule has 0 atom stereocenters. The second kappa shape index (κ2) is 38.2. The lowest BCUT2D eigenvalue weighted by Crippen LogP contribution is -2.34. The molecule has 0 aliphatic carbocycles. The molecule has 2 amide bonds. The molecule has 1 aromatic heterocycles. The number of ether oxygens (including phenoxy) is 11. The van der Waals surface area contributed by atoms with Gasteiger partial charge in [-0.25, -0.2) is 18.8 Å². The van der Waals surface area contributed by atoms with Gasteiger partial charge in [0.2, 0.25) is 23.3 Å². The van der Waals surface area contributed by atoms with E-state index in [0.29, 0.717) is 129 Å². The minimum Gasteiger partial charge on any atom is -0.420 e. The summed E-state index contributed by atoms with van der Waals surface area (Å²) in [6.07, 6.45) is 4.10. The van der Waals surface area contributed by atoms with Crippen LogP contribution in [0.25, 0.3) is 17.3 Å². The topological polar surface area (TPSA) is 283 Å². The van der Waals surface area contributed by atoms with Crippen LogP contribution in [-0.4, -0.2) is 192 Å². The number of nitrogens with zero attached hydrogens (tertiary/aromatic N) is 3. The van der Waals surface area contributed by atoms with Gasteiger partial charge in [-0.2, -0.15) is 17.2 Å². The predicted octanol–water partition coefficient (Wildman–Crippen LogP) is 4.69. The van der Waals surface area contributed by atoms with Crippen LogP contribution in [0.4, 0.5) is 23.2 Å². The number of rotatable bonds is 43. The van der Waals surface area contributed by atoms with Crippen molar-refractivity contribution in [3.05, 3.63) is 76.5 Å². The third-order valence-corrected chi connectivity index (χ3v) is 11.6. The number of amides is 2. The highest BCUT2D eigenvalue weighted by Crippen LogP contribution is 2.34. The Morgan fingerprint density at radius 2 is 1.14 bits per heavy atom. The van der Waals surface area contributed by atoms with Crippen LogP contribution in [0.5, 0.6) is 5.75 Å². The first-order valence-corrected chi connectivity index (χ1v) is 27.2. The second-order valence-corrected chi connectivity index (χ2v) is 18.2. The third-order valence-electron chi connectivity index (χ3n) is 10.7. The number of carbonyl (C=O) groups excluding carboxylic acids is 3. The Morgan fingerprint density at radius 3 is 1.57 bits per heavy atom. The van der Waals surface area contributed by atoms with Gasteiger partial charge in [0, 0.05) is 48.8 Å². The molecule has 0 radical (unpaired) electrons. The van der Waals surface area contributed by atoms with Crippen molar-refractivity contribution in [1.29, 1.82) is 0 Å². The van der Waals surface area contributed by atoms with E-state index in [0.717, 1.165) is 28.8 Å². The van der Waals surface area contributed by atoms with Gasteiger partial charge in [-0.05, 0) is 37.1 Å². The second-order valence-electron chi connectivity index (χ2n) is 16.9. The molecular weight excluding hydrogens is 1090 g/mol. The van der Waals surface area contributed by atoms with Gasteiger partial charge in [0.15, 0.2) is 16.5 Å². The first-order chi connectivity index (χ1) is 38.6. The molecule has 23 nitrogen and oxygen atoms in total. The molecule has 3 aromatic rings. The van der Waals surface area contributed by atoms with E-state index in [-0.39, 0.29) is 64.3 Å². The van der Waals surface area contributed by atoms with Crippen molar-refractivity contribution in [3.63, 3.8) is 0 Å². The van der Waals surface area contributed by atoms with Crippen molar-refractivity contribution < 1.29 is 102 Å². The Hall–Kier alpha value is -5.60. The van der Waals surface area contributed by atoms with Gasteiger partial charge in [0.25, 0.3) is 5.91 Å². The van der Waals surface area contributed by atoms with Gasteiger partial charge >= 0.3 is 16.1 Å². The summed E-state index contributed by atoms with van der Waals surface area (Å²) in [5.41, 5.74) is 10.5. The smallest absolute Gasteiger partial charge is 0.313 e. The maximum absolute atomic E-state index is 14.0. The number of nitrogens with two attached hydrogens (primary N) is 1. The van der Waals surface area contributed by atoms with Gasteiger partial charge < -0.3 is 63.2 Å². The van der Waals surface area contributed by atoms with Crippen molar-refractivity contribution in [2.45, 2.75) is 51.0 Å². The number of fused-ring (bicyclic) bond motifs is 1. The van der Waals surface area contributed by atoms with Crippen LogP contribution >= 0.6 is 0 Å². The Kier molecular flexibility index (Phi) is 31.9. The fraction of sp³-hybridized carbons (Fsp3) is 0.558. The summed E-state index contributed by atoms with van der Waals surface area (Å²) in [6, 6.07) is 9.46. The summed E-state index contributed by atoms with van der Waals surface area (Å²) in [5.74, 6) is -12.7. The molecule has 80 heavy (non-hydrogen) atoms. The third kappa shape index (κ3) is 25.0. The van der Waals surface area contributed by atoms with E-state index in [1.165, 1.54) is 5.06 Å². The predicted molar refractivity (Wildman–Crippen MR) is 278 cm³/mol. The SMILES string of the molecule is CCCN(OCC)C(=O)C1=Cc2ccc(-c3ccc(CNC(=O)CCOCCOCCOCCOCCOCCOCCOCCOCCOCCOCCC(=O)Oc4c(F)c(F)c(S(=O)(=O)O)c(F)c4F)cn3)cc2N=C(N)C1. The zero-order valence-electron chi connectivity index (χ0n) is 44.9. The van der Waals surface area contributed by atoms with E-state index < -0.39 is 56.4 Å². The molecule has 28 heteroatoms. The lowest BCUT2D eigenvalue weighted by atomic mass is 10.0. The van der Waals surface area contributed by atoms with E-state index >= 15 is 0 Å². The minimum absolute atomic E-state index is 0.0166. The highest BCUT2D eigenvalue weighted by Gasteiger charge is 2.34. The number of amidine groups is 1. The van der Waals surface area contributed by atoms with Gasteiger partial charge in [-0.15, -0.1) is 0 Å². The Balaban J connectivity index is 0.858. The molecular formula is C52H71F4N5O18S. The van der Waals surface area contributed by atoms with Gasteiger partial charge in [0.05, 0.1) is 157 Å². The number of pyridine rings is 1. The number of nitrogens with one attached hydrogen (secondary N) is 1. The lowest BCUT2D eigenvalue weighted by Gasteiger charge is -2.21. The molecule has 446 valence electrons. The lowest BCUT2D eigenvalue weighted by molar-refractivity contribution is -0.180. The fourth-order valence-electron chi connectivity index (χ4n) is 6.89. The number of esters is 1. The van der Waals surface area contributed by atoms with Gasteiger partial charge in [-0.3, -0.25) is 28.8 Å². The summed E-state index contributed by atoms with van der Waals surface area (Å²) in [7, 11) is -5.65. The van der Waals surface area contributed by atoms with Gasteiger partial charge in [0.1, 0.15) is 5.84 Å². The van der Waals surface area contributed by atoms with Gasteiger partial charge in [-0.1, -0.05) is 25.1 Å². The Labute approximate surface area is 461 Å². The fourth-order valence-corrected chi connectivity index (χ4v) is 7.53. The quantitative estimate of drug-likeness (QED) is 0.0132. The number of hydroxylamine groups is 2. The van der Waals surface area contributed by atoms with Crippen LogP contribution < -0.4 is 15.8 Å². The minimum atomic E-state index is -5.65. The number of carbonyl (C=O) groups is 3. The van der Waals surface area contributed by atoms with E-state index in [4.69, 9.17) is 62.5 Å². The molecule has 0 saturated heterocycles. The monoisotopic (exact) mass is 1160 g/mol. The normalized spacial score (nSPS) is 12.4. The van der Waals surface area contributed by atoms with Crippen LogP contribution in [0.2, 0.25) is 0 Å². The summed E-state index contributed by atoms with van der Waals surface area (Å²) in [5, 5.41) is 4.26. The van der Waals surface area contributed by atoms with Crippen LogP contribution in [0.1, 0.15) is 50.7 Å². The Bertz CT molecular complexity index is 2510. The first-order valence-electron chi connectivity index (χ1n) is 25.8. The zero-order valence-corrected chi connectivity index (χ0v) is 45.7. The molecule has 4 N–H and O–H groups in total. The van der Waals surface area contributed by atoms with Crippen LogP contribution in [0, 0.1) is 23.3 Å². The summed E-state index contributed by atoms with van der Waals surface area (Å²) >= 11 is 0. The average Bonchev–Trinajstić information content (AvgIpc) is 3.72. The van der Waals surface area contributed by atoms with Crippen LogP contribution in [0.3, 0.4) is 0 Å². The van der Waals surface area contributed by atoms with Crippen molar-refractivity contribution in [2.24, 2.45) is 10.7 Å². The van der Waals surface area contributed by atoms with Crippen molar-refractivity contribution in [1.82, 2.24) is 15.4 Å². The number of aromatic nitrogens is 1. The molecule has 2 aromatic carbocycles. The molecule has 4 rings (SSSR count). The maximum Gasteiger partial charge on any atom is 0.313 e.